The quantitative estimate of drug-likeness (QED) is 0.939. The van der Waals surface area contributed by atoms with E-state index in [1.165, 1.54) is 18.2 Å². The van der Waals surface area contributed by atoms with E-state index in [0.29, 0.717) is 23.5 Å². The number of rotatable bonds is 3. The fraction of sp³-hybridized carbons (Fsp3) is 0.316. The predicted octanol–water partition coefficient (Wildman–Crippen LogP) is 3.37. The fourth-order valence-corrected chi connectivity index (χ4v) is 2.89. The molecule has 2 atom stereocenters. The second-order valence-electron chi connectivity index (χ2n) is 6.18. The van der Waals surface area contributed by atoms with Crippen molar-refractivity contribution in [1.82, 2.24) is 0 Å². The van der Waals surface area contributed by atoms with Crippen LogP contribution in [0.15, 0.2) is 42.5 Å². The summed E-state index contributed by atoms with van der Waals surface area (Å²) in [5, 5.41) is 10.3. The van der Waals surface area contributed by atoms with Gasteiger partial charge in [-0.3, -0.25) is 4.79 Å². The van der Waals surface area contributed by atoms with E-state index in [1.54, 1.807) is 11.0 Å². The third-order valence-corrected chi connectivity index (χ3v) is 4.08. The van der Waals surface area contributed by atoms with Gasteiger partial charge in [-0.15, -0.1) is 0 Å². The lowest BCUT2D eigenvalue weighted by atomic mass is 10.0. The molecule has 0 radical (unpaired) electrons. The first-order valence-electron chi connectivity index (χ1n) is 7.95. The van der Waals surface area contributed by atoms with Crippen molar-refractivity contribution in [2.75, 3.05) is 11.4 Å². The number of aliphatic hydroxyl groups is 1. The minimum Gasteiger partial charge on any atom is -0.487 e. The molecule has 5 heteroatoms. The fourth-order valence-electron chi connectivity index (χ4n) is 2.89. The normalized spacial score (nSPS) is 17.8. The van der Waals surface area contributed by atoms with Crippen LogP contribution in [0.2, 0.25) is 0 Å². The first-order valence-corrected chi connectivity index (χ1v) is 7.95. The molecule has 0 aromatic heterocycles. The molecule has 0 saturated carbocycles. The van der Waals surface area contributed by atoms with Gasteiger partial charge in [-0.05, 0) is 49.2 Å². The van der Waals surface area contributed by atoms with Gasteiger partial charge < -0.3 is 14.7 Å². The largest absolute Gasteiger partial charge is 0.487 e. The second kappa shape index (κ2) is 6.61. The molecule has 1 aliphatic heterocycles. The Morgan fingerprint density at radius 1 is 1.38 bits per heavy atom. The number of carbonyl (C=O) groups excluding carboxylic acids is 1. The summed E-state index contributed by atoms with van der Waals surface area (Å²) in [7, 11) is 0. The molecular formula is C19H20FNO3. The van der Waals surface area contributed by atoms with Gasteiger partial charge in [0.1, 0.15) is 17.7 Å². The number of carbonyl (C=O) groups is 1. The van der Waals surface area contributed by atoms with Crippen LogP contribution in [0.25, 0.3) is 0 Å². The molecule has 0 aliphatic carbocycles. The Kier molecular flexibility index (Phi) is 4.53. The number of aliphatic hydroxyl groups excluding tert-OH is 1. The Balaban J connectivity index is 1.80. The number of anilines is 1. The molecule has 24 heavy (non-hydrogen) atoms. The summed E-state index contributed by atoms with van der Waals surface area (Å²) in [4.78, 5) is 14.3. The van der Waals surface area contributed by atoms with Gasteiger partial charge in [0.2, 0.25) is 5.91 Å². The van der Waals surface area contributed by atoms with Crippen LogP contribution < -0.4 is 9.64 Å². The van der Waals surface area contributed by atoms with Crippen LogP contribution in [-0.4, -0.2) is 23.7 Å². The molecule has 1 heterocycles. The van der Waals surface area contributed by atoms with Crippen molar-refractivity contribution in [2.24, 2.45) is 0 Å². The van der Waals surface area contributed by atoms with Gasteiger partial charge in [0.25, 0.3) is 0 Å². The van der Waals surface area contributed by atoms with Gasteiger partial charge in [-0.25, -0.2) is 4.39 Å². The molecular weight excluding hydrogens is 309 g/mol. The maximum Gasteiger partial charge on any atom is 0.230 e. The highest BCUT2D eigenvalue weighted by atomic mass is 19.1. The predicted molar refractivity (Wildman–Crippen MR) is 89.6 cm³/mol. The Hall–Kier alpha value is -2.40. The summed E-state index contributed by atoms with van der Waals surface area (Å²) in [6, 6.07) is 11.4. The maximum atomic E-state index is 13.3. The number of halogens is 1. The zero-order chi connectivity index (χ0) is 17.3. The van der Waals surface area contributed by atoms with Crippen LogP contribution in [0.5, 0.6) is 5.75 Å². The molecule has 0 bridgehead atoms. The maximum absolute atomic E-state index is 13.3. The number of benzene rings is 2. The highest BCUT2D eigenvalue weighted by Gasteiger charge is 2.29. The van der Waals surface area contributed by atoms with E-state index in [1.807, 2.05) is 32.0 Å². The van der Waals surface area contributed by atoms with Crippen LogP contribution in [0.4, 0.5) is 10.1 Å². The van der Waals surface area contributed by atoms with Gasteiger partial charge in [0.15, 0.2) is 0 Å². The van der Waals surface area contributed by atoms with Crippen LogP contribution in [-0.2, 0) is 4.79 Å². The minimum absolute atomic E-state index is 0.108. The molecule has 1 amide bonds. The van der Waals surface area contributed by atoms with E-state index in [9.17, 15) is 14.3 Å². The van der Waals surface area contributed by atoms with Crippen LogP contribution in [0, 0.1) is 12.7 Å². The van der Waals surface area contributed by atoms with Crippen molar-refractivity contribution in [1.29, 1.82) is 0 Å². The summed E-state index contributed by atoms with van der Waals surface area (Å²) >= 11 is 0. The number of hydrogen-bond donors (Lipinski definition) is 1. The number of amides is 1. The highest BCUT2D eigenvalue weighted by Crippen LogP contribution is 2.35. The lowest BCUT2D eigenvalue weighted by molar-refractivity contribution is -0.121. The number of fused-ring (bicyclic) bond motifs is 1. The van der Waals surface area contributed by atoms with Crippen molar-refractivity contribution >= 4 is 11.6 Å². The van der Waals surface area contributed by atoms with E-state index >= 15 is 0 Å². The van der Waals surface area contributed by atoms with E-state index in [-0.39, 0.29) is 18.4 Å². The third-order valence-electron chi connectivity index (χ3n) is 4.08. The van der Waals surface area contributed by atoms with Crippen molar-refractivity contribution in [3.05, 3.63) is 59.4 Å². The number of ether oxygens (including phenoxy) is 1. The van der Waals surface area contributed by atoms with Crippen LogP contribution in [0.3, 0.4) is 0 Å². The minimum atomic E-state index is -1.04. The Labute approximate surface area is 140 Å². The molecule has 3 rings (SSSR count). The average Bonchev–Trinajstić information content (AvgIpc) is 2.53. The molecule has 0 fully saturated rings. The molecule has 0 spiro atoms. The highest BCUT2D eigenvalue weighted by molar-refractivity contribution is 5.95. The molecule has 2 unspecified atom stereocenters. The van der Waals surface area contributed by atoms with E-state index in [2.05, 4.69) is 0 Å². The summed E-state index contributed by atoms with van der Waals surface area (Å²) in [5.74, 6) is 0.0224. The first kappa shape index (κ1) is 16.5. The number of aryl methyl sites for hydroxylation is 1. The van der Waals surface area contributed by atoms with Gasteiger partial charge in [0, 0.05) is 0 Å². The summed E-state index contributed by atoms with van der Waals surface area (Å²) in [6.07, 6.45) is -1.28. The SMILES string of the molecule is Cc1ccc2c(c1)OC(C)CN2C(=O)CC(O)c1cccc(F)c1. The Bertz CT molecular complexity index is 762. The summed E-state index contributed by atoms with van der Waals surface area (Å²) in [5.41, 5.74) is 2.15. The van der Waals surface area contributed by atoms with Crippen molar-refractivity contribution < 1.29 is 19.0 Å². The number of nitrogens with zero attached hydrogens (tertiary/aromatic N) is 1. The second-order valence-corrected chi connectivity index (χ2v) is 6.18. The molecule has 1 aliphatic rings. The van der Waals surface area contributed by atoms with Gasteiger partial charge >= 0.3 is 0 Å². The summed E-state index contributed by atoms with van der Waals surface area (Å²) < 4.78 is 19.1. The van der Waals surface area contributed by atoms with Gasteiger partial charge in [0.05, 0.1) is 24.8 Å². The zero-order valence-corrected chi connectivity index (χ0v) is 13.7. The third kappa shape index (κ3) is 3.41. The number of hydrogen-bond acceptors (Lipinski definition) is 3. The molecule has 2 aromatic rings. The van der Waals surface area contributed by atoms with Gasteiger partial charge in [-0.1, -0.05) is 18.2 Å². The Morgan fingerprint density at radius 2 is 2.17 bits per heavy atom. The van der Waals surface area contributed by atoms with E-state index < -0.39 is 11.9 Å². The monoisotopic (exact) mass is 329 g/mol. The van der Waals surface area contributed by atoms with Crippen molar-refractivity contribution in [3.8, 4) is 5.75 Å². The molecule has 126 valence electrons. The van der Waals surface area contributed by atoms with E-state index in [0.717, 1.165) is 5.56 Å². The lowest BCUT2D eigenvalue weighted by Gasteiger charge is -2.34. The van der Waals surface area contributed by atoms with Crippen molar-refractivity contribution in [2.45, 2.75) is 32.5 Å². The molecule has 1 N–H and O–H groups in total. The zero-order valence-electron chi connectivity index (χ0n) is 13.7. The lowest BCUT2D eigenvalue weighted by Crippen LogP contribution is -2.42. The van der Waals surface area contributed by atoms with Crippen LogP contribution in [0.1, 0.15) is 30.6 Å². The molecule has 4 nitrogen and oxygen atoms in total. The topological polar surface area (TPSA) is 49.8 Å². The van der Waals surface area contributed by atoms with E-state index in [4.69, 9.17) is 4.74 Å². The standard InChI is InChI=1S/C19H20FNO3/c1-12-6-7-16-18(8-12)24-13(2)11-21(16)19(23)10-17(22)14-4-3-5-15(20)9-14/h3-9,13,17,22H,10-11H2,1-2H3. The average molecular weight is 329 g/mol. The summed E-state index contributed by atoms with van der Waals surface area (Å²) in [6.45, 7) is 4.28. The van der Waals surface area contributed by atoms with Gasteiger partial charge in [-0.2, -0.15) is 0 Å². The smallest absolute Gasteiger partial charge is 0.230 e. The molecule has 2 aromatic carbocycles. The van der Waals surface area contributed by atoms with Crippen LogP contribution >= 0.6 is 0 Å². The molecule has 0 saturated heterocycles. The van der Waals surface area contributed by atoms with Crippen molar-refractivity contribution in [3.63, 3.8) is 0 Å². The first-order chi connectivity index (χ1) is 11.4. The Morgan fingerprint density at radius 3 is 2.92 bits per heavy atom.